The second-order valence-corrected chi connectivity index (χ2v) is 6.14. The Labute approximate surface area is 129 Å². The van der Waals surface area contributed by atoms with Crippen LogP contribution in [0.4, 0.5) is 5.69 Å². The highest BCUT2D eigenvalue weighted by Gasteiger charge is 2.21. The molecule has 1 aromatic rings. The van der Waals surface area contributed by atoms with Crippen molar-refractivity contribution in [3.8, 4) is 6.07 Å². The van der Waals surface area contributed by atoms with Crippen LogP contribution in [0, 0.1) is 21.4 Å². The summed E-state index contributed by atoms with van der Waals surface area (Å²) in [5.41, 5.74) is -0.310. The van der Waals surface area contributed by atoms with Crippen molar-refractivity contribution < 1.29 is 4.92 Å². The molecule has 0 aliphatic rings. The van der Waals surface area contributed by atoms with E-state index in [0.29, 0.717) is 4.90 Å². The van der Waals surface area contributed by atoms with Gasteiger partial charge in [-0.15, -0.1) is 11.8 Å². The van der Waals surface area contributed by atoms with Crippen LogP contribution in [-0.4, -0.2) is 22.8 Å². The third-order valence-corrected chi connectivity index (χ3v) is 4.35. The predicted molar refractivity (Wildman–Crippen MR) is 85.4 cm³/mol. The van der Waals surface area contributed by atoms with Crippen molar-refractivity contribution in [2.75, 3.05) is 12.3 Å². The second-order valence-electron chi connectivity index (χ2n) is 5.00. The highest BCUT2D eigenvalue weighted by atomic mass is 32.2. The summed E-state index contributed by atoms with van der Waals surface area (Å²) in [4.78, 5) is 11.3. The lowest BCUT2D eigenvalue weighted by Gasteiger charge is -2.22. The van der Waals surface area contributed by atoms with E-state index in [4.69, 9.17) is 5.26 Å². The summed E-state index contributed by atoms with van der Waals surface area (Å²) in [5.74, 6) is 0.818. The van der Waals surface area contributed by atoms with Crippen LogP contribution in [0.25, 0.3) is 0 Å². The summed E-state index contributed by atoms with van der Waals surface area (Å²) in [7, 11) is 0. The van der Waals surface area contributed by atoms with E-state index in [0.717, 1.165) is 31.6 Å². The number of nitro groups is 1. The molecule has 1 aromatic carbocycles. The first-order valence-corrected chi connectivity index (χ1v) is 8.03. The standard InChI is InChI=1S/C15H21N3O2S/c1-3-17-15(2,12-16)10-6-7-11-21-14-9-5-4-8-13(14)18(19)20/h4-5,8-9,17H,3,6-7,10-11H2,1-2H3. The summed E-state index contributed by atoms with van der Waals surface area (Å²) >= 11 is 1.50. The lowest BCUT2D eigenvalue weighted by Crippen LogP contribution is -2.40. The highest BCUT2D eigenvalue weighted by molar-refractivity contribution is 7.99. The molecule has 0 saturated carbocycles. The van der Waals surface area contributed by atoms with E-state index in [1.54, 1.807) is 12.1 Å². The Morgan fingerprint density at radius 2 is 2.14 bits per heavy atom. The van der Waals surface area contributed by atoms with E-state index < -0.39 is 5.54 Å². The third-order valence-electron chi connectivity index (χ3n) is 3.20. The van der Waals surface area contributed by atoms with E-state index in [1.807, 2.05) is 19.9 Å². The number of hydrogen-bond acceptors (Lipinski definition) is 5. The fourth-order valence-corrected chi connectivity index (χ4v) is 3.10. The third kappa shape index (κ3) is 5.74. The SMILES string of the molecule is CCNC(C)(C#N)CCCCSc1ccccc1[N+](=O)[O-]. The Morgan fingerprint density at radius 1 is 1.43 bits per heavy atom. The average Bonchev–Trinajstić information content (AvgIpc) is 2.47. The zero-order chi connectivity index (χ0) is 15.7. The minimum atomic E-state index is -0.474. The number of nitriles is 1. The van der Waals surface area contributed by atoms with Gasteiger partial charge in [0.1, 0.15) is 5.54 Å². The van der Waals surface area contributed by atoms with E-state index in [9.17, 15) is 10.1 Å². The molecule has 6 heteroatoms. The Morgan fingerprint density at radius 3 is 2.76 bits per heavy atom. The number of benzene rings is 1. The number of thioether (sulfide) groups is 1. The zero-order valence-electron chi connectivity index (χ0n) is 12.5. The molecule has 114 valence electrons. The van der Waals surface area contributed by atoms with Crippen molar-refractivity contribution in [3.05, 3.63) is 34.4 Å². The number of para-hydroxylation sites is 1. The van der Waals surface area contributed by atoms with Crippen LogP contribution in [0.1, 0.15) is 33.1 Å². The molecule has 0 aliphatic heterocycles. The van der Waals surface area contributed by atoms with Gasteiger partial charge in [0.2, 0.25) is 0 Å². The fraction of sp³-hybridized carbons (Fsp3) is 0.533. The quantitative estimate of drug-likeness (QED) is 0.325. The molecule has 0 heterocycles. The topological polar surface area (TPSA) is 79.0 Å². The Kier molecular flexibility index (Phi) is 7.20. The summed E-state index contributed by atoms with van der Waals surface area (Å²) in [6, 6.07) is 9.10. The summed E-state index contributed by atoms with van der Waals surface area (Å²) in [6.45, 7) is 4.67. The molecule has 1 atom stereocenters. The van der Waals surface area contributed by atoms with Gasteiger partial charge < -0.3 is 0 Å². The van der Waals surface area contributed by atoms with Crippen LogP contribution < -0.4 is 5.32 Å². The zero-order valence-corrected chi connectivity index (χ0v) is 13.3. The van der Waals surface area contributed by atoms with Gasteiger partial charge in [-0.25, -0.2) is 0 Å². The molecule has 0 spiro atoms. The smallest absolute Gasteiger partial charge is 0.282 e. The molecule has 0 aromatic heterocycles. The average molecular weight is 307 g/mol. The number of unbranched alkanes of at least 4 members (excludes halogenated alkanes) is 1. The lowest BCUT2D eigenvalue weighted by molar-refractivity contribution is -0.387. The summed E-state index contributed by atoms with van der Waals surface area (Å²) < 4.78 is 0. The first-order valence-electron chi connectivity index (χ1n) is 7.05. The molecule has 21 heavy (non-hydrogen) atoms. The maximum Gasteiger partial charge on any atom is 0.282 e. The molecule has 0 saturated heterocycles. The Hall–Kier alpha value is -1.58. The molecule has 1 N–H and O–H groups in total. The van der Waals surface area contributed by atoms with Gasteiger partial charge in [0, 0.05) is 6.07 Å². The van der Waals surface area contributed by atoms with Crippen LogP contribution in [0.15, 0.2) is 29.2 Å². The van der Waals surface area contributed by atoms with Gasteiger partial charge in [0.05, 0.1) is 15.9 Å². The van der Waals surface area contributed by atoms with Crippen molar-refractivity contribution in [1.82, 2.24) is 5.32 Å². The van der Waals surface area contributed by atoms with Gasteiger partial charge in [-0.1, -0.05) is 19.1 Å². The lowest BCUT2D eigenvalue weighted by atomic mass is 9.97. The molecular formula is C15H21N3O2S. The number of nitrogens with zero attached hydrogens (tertiary/aromatic N) is 2. The Balaban J connectivity index is 2.39. The van der Waals surface area contributed by atoms with Crippen molar-refractivity contribution in [2.45, 2.75) is 43.5 Å². The van der Waals surface area contributed by atoms with Crippen LogP contribution in [-0.2, 0) is 0 Å². The predicted octanol–water partition coefficient (Wildman–Crippen LogP) is 3.75. The van der Waals surface area contributed by atoms with Crippen LogP contribution in [0.2, 0.25) is 0 Å². The minimum absolute atomic E-state index is 0.164. The number of nitro benzene ring substituents is 1. The molecule has 5 nitrogen and oxygen atoms in total. The van der Waals surface area contributed by atoms with Gasteiger partial charge >= 0.3 is 0 Å². The maximum absolute atomic E-state index is 10.9. The monoisotopic (exact) mass is 307 g/mol. The molecule has 0 amide bonds. The molecule has 1 unspecified atom stereocenters. The highest BCUT2D eigenvalue weighted by Crippen LogP contribution is 2.29. The van der Waals surface area contributed by atoms with Gasteiger partial charge in [-0.05, 0) is 44.6 Å². The fourth-order valence-electron chi connectivity index (χ4n) is 2.07. The van der Waals surface area contributed by atoms with E-state index >= 15 is 0 Å². The van der Waals surface area contributed by atoms with Crippen molar-refractivity contribution in [1.29, 1.82) is 5.26 Å². The molecule has 1 rings (SSSR count). The number of hydrogen-bond donors (Lipinski definition) is 1. The molecule has 0 fully saturated rings. The Bertz CT molecular complexity index is 516. The van der Waals surface area contributed by atoms with Gasteiger partial charge in [-0.3, -0.25) is 15.4 Å². The number of nitrogens with one attached hydrogen (secondary N) is 1. The molecule has 0 radical (unpaired) electrons. The number of rotatable bonds is 9. The molecular weight excluding hydrogens is 286 g/mol. The maximum atomic E-state index is 10.9. The van der Waals surface area contributed by atoms with Crippen molar-refractivity contribution in [2.24, 2.45) is 0 Å². The van der Waals surface area contributed by atoms with Crippen LogP contribution in [0.3, 0.4) is 0 Å². The summed E-state index contributed by atoms with van der Waals surface area (Å²) in [6.07, 6.45) is 2.64. The van der Waals surface area contributed by atoms with E-state index in [2.05, 4.69) is 11.4 Å². The van der Waals surface area contributed by atoms with Crippen LogP contribution in [0.5, 0.6) is 0 Å². The van der Waals surface area contributed by atoms with Crippen molar-refractivity contribution in [3.63, 3.8) is 0 Å². The van der Waals surface area contributed by atoms with E-state index in [-0.39, 0.29) is 10.6 Å². The van der Waals surface area contributed by atoms with Crippen LogP contribution >= 0.6 is 11.8 Å². The van der Waals surface area contributed by atoms with Gasteiger partial charge in [-0.2, -0.15) is 5.26 Å². The van der Waals surface area contributed by atoms with Crippen molar-refractivity contribution >= 4 is 17.4 Å². The molecule has 0 aliphatic carbocycles. The van der Waals surface area contributed by atoms with Gasteiger partial charge in [0.25, 0.3) is 5.69 Å². The normalized spacial score (nSPS) is 13.4. The minimum Gasteiger partial charge on any atom is -0.300 e. The molecule has 0 bridgehead atoms. The largest absolute Gasteiger partial charge is 0.300 e. The first-order chi connectivity index (χ1) is 10.0. The second kappa shape index (κ2) is 8.65. The first kappa shape index (κ1) is 17.5. The van der Waals surface area contributed by atoms with Gasteiger partial charge in [0.15, 0.2) is 0 Å². The summed E-state index contributed by atoms with van der Waals surface area (Å²) in [5, 5.41) is 23.2. The van der Waals surface area contributed by atoms with E-state index in [1.165, 1.54) is 17.8 Å².